The van der Waals surface area contributed by atoms with Gasteiger partial charge in [-0.1, -0.05) is 12.1 Å². The summed E-state index contributed by atoms with van der Waals surface area (Å²) in [6.45, 7) is 4.14. The molecule has 116 valence electrons. The fourth-order valence-electron chi connectivity index (χ4n) is 2.20. The number of carboxylic acid groups (broad SMARTS) is 1. The Morgan fingerprint density at radius 1 is 1.38 bits per heavy atom. The molecule has 0 bridgehead atoms. The van der Waals surface area contributed by atoms with E-state index >= 15 is 0 Å². The summed E-state index contributed by atoms with van der Waals surface area (Å²) in [6.07, 6.45) is -0.0254. The van der Waals surface area contributed by atoms with Gasteiger partial charge < -0.3 is 20.8 Å². The van der Waals surface area contributed by atoms with Gasteiger partial charge in [0.2, 0.25) is 5.91 Å². The lowest BCUT2D eigenvalue weighted by atomic mass is 10.0. The van der Waals surface area contributed by atoms with Gasteiger partial charge in [-0.3, -0.25) is 9.59 Å². The molecule has 6 nitrogen and oxygen atoms in total. The first-order valence-electron chi connectivity index (χ1n) is 6.93. The molecule has 0 aromatic heterocycles. The maximum Gasteiger partial charge on any atom is 0.303 e. The molecule has 1 aromatic rings. The molecule has 21 heavy (non-hydrogen) atoms. The average molecular weight is 294 g/mol. The highest BCUT2D eigenvalue weighted by atomic mass is 16.4. The largest absolute Gasteiger partial charge is 0.508 e. The van der Waals surface area contributed by atoms with Gasteiger partial charge >= 0.3 is 5.97 Å². The number of nitrogens with zero attached hydrogens (tertiary/aromatic N) is 1. The Labute approximate surface area is 124 Å². The van der Waals surface area contributed by atoms with Gasteiger partial charge in [-0.05, 0) is 38.0 Å². The number of rotatable bonds is 7. The molecule has 0 saturated heterocycles. The maximum atomic E-state index is 12.3. The summed E-state index contributed by atoms with van der Waals surface area (Å²) in [7, 11) is 0. The number of benzene rings is 1. The molecule has 0 heterocycles. The van der Waals surface area contributed by atoms with Crippen LogP contribution in [0, 0.1) is 0 Å². The third-order valence-electron chi connectivity index (χ3n) is 3.43. The first-order chi connectivity index (χ1) is 9.86. The van der Waals surface area contributed by atoms with Crippen molar-refractivity contribution in [3.63, 3.8) is 0 Å². The monoisotopic (exact) mass is 294 g/mol. The summed E-state index contributed by atoms with van der Waals surface area (Å²) >= 11 is 0. The van der Waals surface area contributed by atoms with Crippen LogP contribution in [0.25, 0.3) is 0 Å². The molecule has 1 rings (SSSR count). The quantitative estimate of drug-likeness (QED) is 0.707. The normalized spacial score (nSPS) is 13.5. The Balaban J connectivity index is 2.81. The summed E-state index contributed by atoms with van der Waals surface area (Å²) in [6, 6.07) is 5.62. The van der Waals surface area contributed by atoms with Gasteiger partial charge in [-0.15, -0.1) is 0 Å². The number of aliphatic carboxylic acids is 1. The predicted octanol–water partition coefficient (Wildman–Crippen LogP) is 1.49. The van der Waals surface area contributed by atoms with Crippen molar-refractivity contribution < 1.29 is 19.8 Å². The molecule has 0 fully saturated rings. The minimum atomic E-state index is -0.970. The molecule has 1 amide bonds. The minimum Gasteiger partial charge on any atom is -0.508 e. The fourth-order valence-corrected chi connectivity index (χ4v) is 2.20. The lowest BCUT2D eigenvalue weighted by Crippen LogP contribution is -2.45. The van der Waals surface area contributed by atoms with Crippen LogP contribution in [0.5, 0.6) is 5.75 Å². The Hall–Kier alpha value is -2.08. The van der Waals surface area contributed by atoms with E-state index in [1.54, 1.807) is 23.1 Å². The van der Waals surface area contributed by atoms with Crippen LogP contribution >= 0.6 is 0 Å². The number of likely N-dealkylation sites (N-methyl/N-ethyl adjacent to an activating group) is 1. The molecule has 0 saturated carbocycles. The van der Waals surface area contributed by atoms with E-state index in [2.05, 4.69) is 0 Å². The molecule has 0 spiro atoms. The van der Waals surface area contributed by atoms with Gasteiger partial charge in [0.15, 0.2) is 0 Å². The van der Waals surface area contributed by atoms with Gasteiger partial charge in [0.1, 0.15) is 5.75 Å². The number of amides is 1. The molecular formula is C15H22N2O4. The topological polar surface area (TPSA) is 104 Å². The first kappa shape index (κ1) is 17.0. The van der Waals surface area contributed by atoms with E-state index in [9.17, 15) is 14.7 Å². The third kappa shape index (κ3) is 4.75. The second-order valence-corrected chi connectivity index (χ2v) is 4.93. The van der Waals surface area contributed by atoms with Crippen molar-refractivity contribution in [1.29, 1.82) is 0 Å². The fraction of sp³-hybridized carbons (Fsp3) is 0.467. The number of nitrogens with two attached hydrogens (primary N) is 1. The molecule has 0 aliphatic heterocycles. The number of phenolic OH excluding ortho intramolecular Hbond substituents is 1. The Kier molecular flexibility index (Phi) is 6.17. The van der Waals surface area contributed by atoms with Crippen molar-refractivity contribution in [1.82, 2.24) is 4.90 Å². The molecule has 2 unspecified atom stereocenters. The summed E-state index contributed by atoms with van der Waals surface area (Å²) in [5.41, 5.74) is 6.59. The molecule has 1 aromatic carbocycles. The number of phenols is 1. The highest BCUT2D eigenvalue weighted by Crippen LogP contribution is 2.24. The van der Waals surface area contributed by atoms with Crippen LogP contribution in [0.2, 0.25) is 0 Å². The van der Waals surface area contributed by atoms with Gasteiger partial charge in [-0.25, -0.2) is 0 Å². The molecule has 0 radical (unpaired) electrons. The van der Waals surface area contributed by atoms with Crippen LogP contribution in [0.3, 0.4) is 0 Å². The number of hydrogen-bond donors (Lipinski definition) is 3. The average Bonchev–Trinajstić information content (AvgIpc) is 2.45. The van der Waals surface area contributed by atoms with Crippen molar-refractivity contribution in [3.05, 3.63) is 29.8 Å². The smallest absolute Gasteiger partial charge is 0.303 e. The van der Waals surface area contributed by atoms with Gasteiger partial charge in [0.25, 0.3) is 0 Å². The molecular weight excluding hydrogens is 272 g/mol. The van der Waals surface area contributed by atoms with Crippen molar-refractivity contribution >= 4 is 11.9 Å². The first-order valence-corrected chi connectivity index (χ1v) is 6.93. The number of carbonyl (C=O) groups excluding carboxylic acids is 1. The Morgan fingerprint density at radius 2 is 2.05 bits per heavy atom. The summed E-state index contributed by atoms with van der Waals surface area (Å²) < 4.78 is 0. The van der Waals surface area contributed by atoms with E-state index in [0.29, 0.717) is 6.54 Å². The number of aromatic hydroxyl groups is 1. The summed E-state index contributed by atoms with van der Waals surface area (Å²) in [5, 5.41) is 18.2. The standard InChI is InChI=1S/C15H22N2O4/c1-3-17(15(21)13(16)7-8-14(19)20)10(2)11-5-4-6-12(18)9-11/h4-6,9-10,13,18H,3,7-8,16H2,1-2H3,(H,19,20). The highest BCUT2D eigenvalue weighted by molar-refractivity contribution is 5.82. The van der Waals surface area contributed by atoms with Crippen molar-refractivity contribution in [2.45, 2.75) is 38.8 Å². The zero-order valence-electron chi connectivity index (χ0n) is 12.3. The summed E-state index contributed by atoms with van der Waals surface area (Å²) in [4.78, 5) is 24.5. The van der Waals surface area contributed by atoms with Crippen molar-refractivity contribution in [2.75, 3.05) is 6.54 Å². The van der Waals surface area contributed by atoms with Crippen molar-refractivity contribution in [2.24, 2.45) is 5.73 Å². The van der Waals surface area contributed by atoms with Crippen molar-refractivity contribution in [3.8, 4) is 5.75 Å². The SMILES string of the molecule is CCN(C(=O)C(N)CCC(=O)O)C(C)c1cccc(O)c1. The molecule has 0 aliphatic carbocycles. The van der Waals surface area contributed by atoms with Gasteiger partial charge in [-0.2, -0.15) is 0 Å². The number of hydrogen-bond acceptors (Lipinski definition) is 4. The highest BCUT2D eigenvalue weighted by Gasteiger charge is 2.25. The van der Waals surface area contributed by atoms with Crippen LogP contribution in [0.4, 0.5) is 0 Å². The second kappa shape index (κ2) is 7.64. The number of carboxylic acids is 1. The van der Waals surface area contributed by atoms with E-state index < -0.39 is 12.0 Å². The molecule has 6 heteroatoms. The van der Waals surface area contributed by atoms with Gasteiger partial charge in [0, 0.05) is 13.0 Å². The molecule has 2 atom stereocenters. The molecule has 4 N–H and O–H groups in total. The Morgan fingerprint density at radius 3 is 2.57 bits per heavy atom. The zero-order chi connectivity index (χ0) is 16.0. The van der Waals surface area contributed by atoms with Crippen LogP contribution < -0.4 is 5.73 Å². The lowest BCUT2D eigenvalue weighted by Gasteiger charge is -2.30. The summed E-state index contributed by atoms with van der Waals surface area (Å²) in [5.74, 6) is -1.12. The second-order valence-electron chi connectivity index (χ2n) is 4.93. The van der Waals surface area contributed by atoms with Gasteiger partial charge in [0.05, 0.1) is 12.1 Å². The van der Waals surface area contributed by atoms with Crippen LogP contribution in [0.1, 0.15) is 38.3 Å². The van der Waals surface area contributed by atoms with E-state index in [-0.39, 0.29) is 30.5 Å². The van der Waals surface area contributed by atoms with E-state index in [1.807, 2.05) is 19.9 Å². The van der Waals surface area contributed by atoms with E-state index in [4.69, 9.17) is 10.8 Å². The maximum absolute atomic E-state index is 12.3. The molecule has 0 aliphatic rings. The van der Waals surface area contributed by atoms with E-state index in [1.165, 1.54) is 0 Å². The Bertz CT molecular complexity index is 504. The predicted molar refractivity (Wildman–Crippen MR) is 78.8 cm³/mol. The van der Waals surface area contributed by atoms with E-state index in [0.717, 1.165) is 5.56 Å². The van der Waals surface area contributed by atoms with Crippen LogP contribution in [-0.4, -0.2) is 39.6 Å². The van der Waals surface area contributed by atoms with Crippen LogP contribution in [0.15, 0.2) is 24.3 Å². The minimum absolute atomic E-state index is 0.109. The van der Waals surface area contributed by atoms with Crippen LogP contribution in [-0.2, 0) is 9.59 Å². The number of carbonyl (C=O) groups is 2. The lowest BCUT2D eigenvalue weighted by molar-refractivity contribution is -0.138. The zero-order valence-corrected chi connectivity index (χ0v) is 12.3. The third-order valence-corrected chi connectivity index (χ3v) is 3.43.